The van der Waals surface area contributed by atoms with Gasteiger partial charge in [0.1, 0.15) is 0 Å². The first-order valence-electron chi connectivity index (χ1n) is 3.66. The Hall–Kier alpha value is -0.610. The highest BCUT2D eigenvalue weighted by Gasteiger charge is 2.39. The summed E-state index contributed by atoms with van der Waals surface area (Å²) in [4.78, 5) is 10.5. The molecule has 1 amide bonds. The van der Waals surface area contributed by atoms with Crippen molar-refractivity contribution in [1.82, 2.24) is 0 Å². The number of amides is 1. The topological polar surface area (TPSA) is 78.3 Å². The fourth-order valence-corrected chi connectivity index (χ4v) is 1.10. The molecule has 11 heavy (non-hydrogen) atoms. The van der Waals surface area contributed by atoms with E-state index < -0.39 is 0 Å². The van der Waals surface area contributed by atoms with E-state index in [0.717, 1.165) is 0 Å². The molecule has 1 fully saturated rings. The Balaban J connectivity index is 2.40. The van der Waals surface area contributed by atoms with Crippen molar-refractivity contribution >= 4 is 5.91 Å². The number of nitrogens with two attached hydrogens (primary N) is 2. The lowest BCUT2D eigenvalue weighted by molar-refractivity contribution is -0.129. The minimum absolute atomic E-state index is 0.0327. The quantitative estimate of drug-likeness (QED) is 0.566. The highest BCUT2D eigenvalue weighted by molar-refractivity contribution is 5.74. The first-order chi connectivity index (χ1) is 5.04. The van der Waals surface area contributed by atoms with Crippen LogP contribution in [-0.4, -0.2) is 25.2 Å². The number of hydrogen-bond acceptors (Lipinski definition) is 3. The van der Waals surface area contributed by atoms with Crippen molar-refractivity contribution < 1.29 is 9.53 Å². The van der Waals surface area contributed by atoms with Gasteiger partial charge in [0.2, 0.25) is 5.91 Å². The molecule has 0 spiro atoms. The number of carbonyl (C=O) groups excluding carboxylic acids is 1. The predicted molar refractivity (Wildman–Crippen MR) is 40.7 cm³/mol. The van der Waals surface area contributed by atoms with Crippen molar-refractivity contribution in [1.29, 1.82) is 0 Å². The maximum Gasteiger partial charge on any atom is 0.219 e. The van der Waals surface area contributed by atoms with Crippen LogP contribution in [0.3, 0.4) is 0 Å². The molecule has 0 aromatic heterocycles. The fraction of sp³-hybridized carbons (Fsp3) is 0.857. The van der Waals surface area contributed by atoms with E-state index in [-0.39, 0.29) is 23.8 Å². The average molecular weight is 158 g/mol. The molecule has 0 bridgehead atoms. The lowest BCUT2D eigenvalue weighted by atomic mass is 9.79. The molecule has 4 N–H and O–H groups in total. The van der Waals surface area contributed by atoms with Crippen LogP contribution in [-0.2, 0) is 9.53 Å². The van der Waals surface area contributed by atoms with Crippen LogP contribution >= 0.6 is 0 Å². The Kier molecular flexibility index (Phi) is 2.15. The number of primary amides is 1. The summed E-state index contributed by atoms with van der Waals surface area (Å²) in [6.45, 7) is 3.28. The summed E-state index contributed by atoms with van der Waals surface area (Å²) < 4.78 is 5.01. The van der Waals surface area contributed by atoms with E-state index in [2.05, 4.69) is 0 Å². The van der Waals surface area contributed by atoms with Crippen LogP contribution in [0.4, 0.5) is 0 Å². The molecule has 0 aliphatic carbocycles. The molecule has 1 atom stereocenters. The molecule has 4 heteroatoms. The van der Waals surface area contributed by atoms with Crippen LogP contribution in [0.2, 0.25) is 0 Å². The Bertz CT molecular complexity index is 166. The fourth-order valence-electron chi connectivity index (χ4n) is 1.10. The van der Waals surface area contributed by atoms with E-state index in [4.69, 9.17) is 16.2 Å². The van der Waals surface area contributed by atoms with Crippen LogP contribution in [0.1, 0.15) is 13.3 Å². The van der Waals surface area contributed by atoms with Crippen molar-refractivity contribution in [2.45, 2.75) is 19.4 Å². The standard InChI is InChI=1S/C7H14N2O2/c1-7(3-11-4-7)5(8)2-6(9)10/h5H,2-4,8H2,1H3,(H2,9,10). The summed E-state index contributed by atoms with van der Waals surface area (Å²) in [6, 6.07) is -0.159. The van der Waals surface area contributed by atoms with Gasteiger partial charge in [0, 0.05) is 17.9 Å². The summed E-state index contributed by atoms with van der Waals surface area (Å²) in [5.74, 6) is -0.342. The van der Waals surface area contributed by atoms with Crippen molar-refractivity contribution in [2.75, 3.05) is 13.2 Å². The van der Waals surface area contributed by atoms with E-state index in [0.29, 0.717) is 13.2 Å². The van der Waals surface area contributed by atoms with Gasteiger partial charge in [0.15, 0.2) is 0 Å². The van der Waals surface area contributed by atoms with Gasteiger partial charge in [-0.1, -0.05) is 6.92 Å². The summed E-state index contributed by atoms with van der Waals surface area (Å²) in [5.41, 5.74) is 10.7. The molecule has 1 rings (SSSR count). The molecule has 1 unspecified atom stereocenters. The summed E-state index contributed by atoms with van der Waals surface area (Å²) in [7, 11) is 0. The molecule has 0 aromatic carbocycles. The molecule has 1 aliphatic heterocycles. The predicted octanol–water partition coefficient (Wildman–Crippen LogP) is -0.774. The van der Waals surface area contributed by atoms with Crippen molar-refractivity contribution in [2.24, 2.45) is 16.9 Å². The Morgan fingerprint density at radius 2 is 2.27 bits per heavy atom. The SMILES string of the molecule is CC1(C(N)CC(N)=O)COC1. The first kappa shape index (κ1) is 8.49. The van der Waals surface area contributed by atoms with Gasteiger partial charge >= 0.3 is 0 Å². The van der Waals surface area contributed by atoms with Gasteiger partial charge in [0.25, 0.3) is 0 Å². The molecule has 0 aromatic rings. The van der Waals surface area contributed by atoms with Gasteiger partial charge in [-0.25, -0.2) is 0 Å². The summed E-state index contributed by atoms with van der Waals surface area (Å²) in [6.07, 6.45) is 0.250. The molecule has 4 nitrogen and oxygen atoms in total. The molecule has 64 valence electrons. The molecule has 1 heterocycles. The second-order valence-corrected chi connectivity index (χ2v) is 3.42. The highest BCUT2D eigenvalue weighted by Crippen LogP contribution is 2.30. The van der Waals surface area contributed by atoms with Gasteiger partial charge in [-0.05, 0) is 0 Å². The maximum atomic E-state index is 10.5. The average Bonchev–Trinajstić information content (AvgIpc) is 1.81. The van der Waals surface area contributed by atoms with Crippen LogP contribution < -0.4 is 11.5 Å². The van der Waals surface area contributed by atoms with Crippen molar-refractivity contribution in [3.63, 3.8) is 0 Å². The van der Waals surface area contributed by atoms with Crippen molar-refractivity contribution in [3.05, 3.63) is 0 Å². The summed E-state index contributed by atoms with van der Waals surface area (Å²) in [5, 5.41) is 0. The largest absolute Gasteiger partial charge is 0.380 e. The number of carbonyl (C=O) groups is 1. The number of hydrogen-bond donors (Lipinski definition) is 2. The molecular weight excluding hydrogens is 144 g/mol. The van der Waals surface area contributed by atoms with Gasteiger partial charge in [-0.3, -0.25) is 4.79 Å². The normalized spacial score (nSPS) is 23.8. The first-order valence-corrected chi connectivity index (χ1v) is 3.66. The molecular formula is C7H14N2O2. The summed E-state index contributed by atoms with van der Waals surface area (Å²) >= 11 is 0. The third-order valence-electron chi connectivity index (χ3n) is 2.18. The van der Waals surface area contributed by atoms with E-state index >= 15 is 0 Å². The second kappa shape index (κ2) is 2.79. The minimum atomic E-state index is -0.342. The Labute approximate surface area is 65.9 Å². The van der Waals surface area contributed by atoms with Gasteiger partial charge < -0.3 is 16.2 Å². The molecule has 1 aliphatic rings. The zero-order chi connectivity index (χ0) is 8.48. The van der Waals surface area contributed by atoms with Crippen LogP contribution in [0.25, 0.3) is 0 Å². The zero-order valence-electron chi connectivity index (χ0n) is 6.67. The van der Waals surface area contributed by atoms with E-state index in [9.17, 15) is 4.79 Å². The van der Waals surface area contributed by atoms with Crippen LogP contribution in [0.5, 0.6) is 0 Å². The lowest BCUT2D eigenvalue weighted by Gasteiger charge is -2.42. The monoisotopic (exact) mass is 158 g/mol. The lowest BCUT2D eigenvalue weighted by Crippen LogP contribution is -2.54. The van der Waals surface area contributed by atoms with E-state index in [1.54, 1.807) is 0 Å². The number of ether oxygens (including phenoxy) is 1. The number of rotatable bonds is 3. The smallest absolute Gasteiger partial charge is 0.219 e. The molecule has 0 radical (unpaired) electrons. The van der Waals surface area contributed by atoms with Gasteiger partial charge in [-0.2, -0.15) is 0 Å². The Morgan fingerprint density at radius 1 is 1.73 bits per heavy atom. The highest BCUT2D eigenvalue weighted by atomic mass is 16.5. The van der Waals surface area contributed by atoms with E-state index in [1.807, 2.05) is 6.92 Å². The molecule has 0 saturated carbocycles. The van der Waals surface area contributed by atoms with E-state index in [1.165, 1.54) is 0 Å². The van der Waals surface area contributed by atoms with Crippen LogP contribution in [0.15, 0.2) is 0 Å². The van der Waals surface area contributed by atoms with Crippen LogP contribution in [0, 0.1) is 5.41 Å². The minimum Gasteiger partial charge on any atom is -0.380 e. The Morgan fingerprint density at radius 3 is 2.55 bits per heavy atom. The maximum absolute atomic E-state index is 10.5. The molecule has 1 saturated heterocycles. The second-order valence-electron chi connectivity index (χ2n) is 3.42. The third-order valence-corrected chi connectivity index (χ3v) is 2.18. The van der Waals surface area contributed by atoms with Gasteiger partial charge in [0.05, 0.1) is 13.2 Å². The van der Waals surface area contributed by atoms with Gasteiger partial charge in [-0.15, -0.1) is 0 Å². The zero-order valence-corrected chi connectivity index (χ0v) is 6.67. The van der Waals surface area contributed by atoms with Crippen molar-refractivity contribution in [3.8, 4) is 0 Å². The third kappa shape index (κ3) is 1.70.